The Bertz CT molecular complexity index is 2610. The van der Waals surface area contributed by atoms with Crippen LogP contribution in [0.25, 0.3) is 0 Å². The van der Waals surface area contributed by atoms with Crippen molar-refractivity contribution >= 4 is 17.7 Å². The van der Waals surface area contributed by atoms with Gasteiger partial charge in [-0.2, -0.15) is 0 Å². The van der Waals surface area contributed by atoms with Gasteiger partial charge in [0.05, 0.1) is 50.3 Å². The lowest BCUT2D eigenvalue weighted by Gasteiger charge is -2.56. The minimum absolute atomic E-state index is 0.150. The van der Waals surface area contributed by atoms with Crippen molar-refractivity contribution in [3.8, 4) is 0 Å². The first-order chi connectivity index (χ1) is 41.3. The lowest BCUT2D eigenvalue weighted by atomic mass is 9.62. The first kappa shape index (κ1) is 60.7. The molecule has 14 rings (SSSR count). The van der Waals surface area contributed by atoms with E-state index < -0.39 is 17.7 Å². The molecular formula is C66H95N9O10. The van der Waals surface area contributed by atoms with Gasteiger partial charge in [0, 0.05) is 134 Å². The molecule has 464 valence electrons. The molecule has 0 aromatic carbocycles. The van der Waals surface area contributed by atoms with Gasteiger partial charge >= 0.3 is 0 Å². The van der Waals surface area contributed by atoms with E-state index in [0.29, 0.717) is 96.8 Å². The largest absolute Gasteiger partial charge is 0.376 e. The Morgan fingerprint density at radius 1 is 0.482 bits per heavy atom. The van der Waals surface area contributed by atoms with Gasteiger partial charge in [-0.25, -0.2) is 0 Å². The number of likely N-dealkylation sites (tertiary alicyclic amines) is 3. The molecule has 8 unspecified atom stereocenters. The molecule has 6 N–H and O–H groups in total. The molecule has 3 aromatic rings. The van der Waals surface area contributed by atoms with E-state index in [2.05, 4.69) is 29.7 Å². The molecule has 11 fully saturated rings. The molecule has 3 aliphatic carbocycles. The maximum Gasteiger partial charge on any atom is 0.267 e. The summed E-state index contributed by atoms with van der Waals surface area (Å²) in [7, 11) is 5.46. The van der Waals surface area contributed by atoms with Crippen LogP contribution in [0.3, 0.4) is 0 Å². The number of pyridine rings is 3. The van der Waals surface area contributed by atoms with Crippen LogP contribution in [-0.4, -0.2) is 178 Å². The van der Waals surface area contributed by atoms with Gasteiger partial charge in [-0.3, -0.25) is 34.2 Å². The summed E-state index contributed by atoms with van der Waals surface area (Å²) in [5.41, 5.74) is 19.6. The molecule has 3 aromatic heterocycles. The number of nitrogens with two attached hydrogens (primary N) is 3. The monoisotopic (exact) mass is 1170 g/mol. The van der Waals surface area contributed by atoms with Crippen molar-refractivity contribution in [1.29, 1.82) is 0 Å². The van der Waals surface area contributed by atoms with Gasteiger partial charge in [0.1, 0.15) is 33.9 Å². The maximum absolute atomic E-state index is 11.7. The highest BCUT2D eigenvalue weighted by molar-refractivity contribution is 5.91. The van der Waals surface area contributed by atoms with E-state index in [1.165, 1.54) is 83.7 Å². The van der Waals surface area contributed by atoms with Crippen LogP contribution in [0.1, 0.15) is 157 Å². The third-order valence-corrected chi connectivity index (χ3v) is 22.4. The third-order valence-electron chi connectivity index (χ3n) is 22.4. The van der Waals surface area contributed by atoms with Crippen LogP contribution in [0, 0.1) is 47.3 Å². The summed E-state index contributed by atoms with van der Waals surface area (Å²) in [5.74, 6) is 2.52. The van der Waals surface area contributed by atoms with Crippen molar-refractivity contribution < 1.29 is 47.5 Å². The first-order valence-electron chi connectivity index (χ1n) is 32.4. The van der Waals surface area contributed by atoms with Gasteiger partial charge in [-0.15, -0.1) is 0 Å². The van der Waals surface area contributed by atoms with Crippen LogP contribution in [0.4, 0.5) is 0 Å². The van der Waals surface area contributed by atoms with Crippen LogP contribution in [0.5, 0.6) is 0 Å². The van der Waals surface area contributed by atoms with Crippen LogP contribution in [0.15, 0.2) is 55.0 Å². The van der Waals surface area contributed by atoms with Crippen LogP contribution >= 0.6 is 0 Å². The number of aromatic nitrogens is 3. The van der Waals surface area contributed by atoms with E-state index in [4.69, 9.17) is 50.4 Å². The number of nitrogens with zero attached hydrogens (tertiary/aromatic N) is 6. The van der Waals surface area contributed by atoms with E-state index in [1.807, 2.05) is 50.6 Å². The molecule has 19 heteroatoms. The second-order valence-corrected chi connectivity index (χ2v) is 27.2. The van der Waals surface area contributed by atoms with Crippen molar-refractivity contribution in [2.45, 2.75) is 156 Å². The summed E-state index contributed by atoms with van der Waals surface area (Å²) >= 11 is 0. The number of amides is 3. The summed E-state index contributed by atoms with van der Waals surface area (Å²) < 4.78 is 42.4. The van der Waals surface area contributed by atoms with E-state index in [0.717, 1.165) is 113 Å². The van der Waals surface area contributed by atoms with E-state index in [9.17, 15) is 14.4 Å². The Kier molecular flexibility index (Phi) is 18.8. The Labute approximate surface area is 502 Å². The molecule has 8 aliphatic heterocycles. The summed E-state index contributed by atoms with van der Waals surface area (Å²) in [6.45, 7) is 11.5. The minimum Gasteiger partial charge on any atom is -0.376 e. The molecule has 0 radical (unpaired) electrons. The standard InChI is InChI=1S/2C23H33N3O3.C20H29N3O4/c2*1-28-23(16-7-8-25-21(11-16)22(24)27)17-3-2-4-18(23)14-26(13-17)12-15-9-19-5-6-20(10-15)29-19;1-25-20(14-5-6-22-18(9-14)19(21)24)15-3-2-4-16(20)11-23(10-15)12-17-13-26-7-8-27-17/h2*7-8,11,15,17-20H,2-6,9-10,12-14H2,1H3,(H2,24,27);5-6,9,15-17H,2-4,7-8,10-13H2,1H3,(H2,21,24)/t2*15?,17?,18?,19-,20+,23?;15?,16?,17-,20?/m..0/s1. The zero-order chi connectivity index (χ0) is 58.9. The number of piperidine rings is 3. The van der Waals surface area contributed by atoms with Gasteiger partial charge in [0.15, 0.2) is 0 Å². The lowest BCUT2D eigenvalue weighted by Crippen LogP contribution is -2.60. The molecule has 11 aliphatic rings. The smallest absolute Gasteiger partial charge is 0.267 e. The normalized spacial score (nSPS) is 37.8. The number of hydrogen-bond acceptors (Lipinski definition) is 16. The van der Waals surface area contributed by atoms with Crippen molar-refractivity contribution in [1.82, 2.24) is 29.7 Å². The SMILES string of the molecule is COC1(c2ccnc(C(N)=O)c2)C2CCCC1CN(CC1C[C@H]3CC[C@@H](C1)O3)C2.COC1(c2ccnc(C(N)=O)c2)C2CCCC1CN(CC1C[C@H]3CC[C@@H](C1)O3)C2.COC1(c2ccnc(C(N)=O)c2)C2CCCC1CN(C[C@H]1COCCO1)C2. The zero-order valence-electron chi connectivity index (χ0n) is 50.7. The number of methoxy groups -OCH3 is 3. The first-order valence-corrected chi connectivity index (χ1v) is 32.4. The van der Waals surface area contributed by atoms with Gasteiger partial charge in [0.25, 0.3) is 17.7 Å². The second kappa shape index (κ2) is 26.3. The summed E-state index contributed by atoms with van der Waals surface area (Å²) in [6.07, 6.45) is 27.7. The molecule has 8 saturated heterocycles. The Balaban J connectivity index is 0.000000125. The Hall–Kier alpha value is -4.54. The highest BCUT2D eigenvalue weighted by atomic mass is 16.6. The molecular weight excluding hydrogens is 1080 g/mol. The van der Waals surface area contributed by atoms with Gasteiger partial charge in [-0.05, 0) is 155 Å². The molecule has 13 atom stereocenters. The topological polar surface area (TPSA) is 242 Å². The lowest BCUT2D eigenvalue weighted by molar-refractivity contribution is -0.177. The quantitative estimate of drug-likeness (QED) is 0.145. The molecule has 0 spiro atoms. The molecule has 3 saturated carbocycles. The van der Waals surface area contributed by atoms with E-state index >= 15 is 0 Å². The van der Waals surface area contributed by atoms with E-state index in [-0.39, 0.29) is 22.9 Å². The van der Waals surface area contributed by atoms with Gasteiger partial charge in [0.2, 0.25) is 0 Å². The van der Waals surface area contributed by atoms with Gasteiger partial charge < -0.3 is 60.2 Å². The van der Waals surface area contributed by atoms with Crippen molar-refractivity contribution in [3.63, 3.8) is 0 Å². The fourth-order valence-corrected chi connectivity index (χ4v) is 19.1. The van der Waals surface area contributed by atoms with Crippen LogP contribution in [0.2, 0.25) is 0 Å². The zero-order valence-corrected chi connectivity index (χ0v) is 50.7. The summed E-state index contributed by atoms with van der Waals surface area (Å²) in [6, 6.07) is 11.6. The predicted octanol–water partition coefficient (Wildman–Crippen LogP) is 6.59. The fraction of sp³-hybridized carbons (Fsp3) is 0.727. The summed E-state index contributed by atoms with van der Waals surface area (Å²) in [4.78, 5) is 55.4. The number of carbonyl (C=O) groups is 3. The maximum atomic E-state index is 11.7. The second-order valence-electron chi connectivity index (χ2n) is 27.2. The average Bonchev–Trinajstić information content (AvgIpc) is 1.67. The Morgan fingerprint density at radius 3 is 1.08 bits per heavy atom. The minimum atomic E-state index is -0.500. The number of fused-ring (bicyclic) bond motifs is 10. The van der Waals surface area contributed by atoms with Crippen LogP contribution in [-0.2, 0) is 50.0 Å². The predicted molar refractivity (Wildman–Crippen MR) is 318 cm³/mol. The third kappa shape index (κ3) is 12.4. The molecule has 85 heavy (non-hydrogen) atoms. The number of hydrogen-bond donors (Lipinski definition) is 3. The molecule has 3 amide bonds. The number of ether oxygens (including phenoxy) is 7. The van der Waals surface area contributed by atoms with Crippen LogP contribution < -0.4 is 17.2 Å². The van der Waals surface area contributed by atoms with Crippen molar-refractivity contribution in [3.05, 3.63) is 88.8 Å². The highest BCUT2D eigenvalue weighted by Gasteiger charge is 2.57. The Morgan fingerprint density at radius 2 is 0.800 bits per heavy atom. The molecule has 19 nitrogen and oxygen atoms in total. The number of rotatable bonds is 15. The molecule has 11 heterocycles. The van der Waals surface area contributed by atoms with Gasteiger partial charge in [-0.1, -0.05) is 19.3 Å². The molecule has 10 bridgehead atoms. The fourth-order valence-electron chi connectivity index (χ4n) is 19.1. The number of primary amides is 3. The van der Waals surface area contributed by atoms with Crippen molar-refractivity contribution in [2.75, 3.05) is 100 Å². The number of carbonyl (C=O) groups excluding carboxylic acids is 3. The van der Waals surface area contributed by atoms with Crippen molar-refractivity contribution in [2.24, 2.45) is 64.5 Å². The highest BCUT2D eigenvalue weighted by Crippen LogP contribution is 2.55. The average molecular weight is 1170 g/mol. The summed E-state index contributed by atoms with van der Waals surface area (Å²) in [5, 5.41) is 0. The van der Waals surface area contributed by atoms with E-state index in [1.54, 1.807) is 25.7 Å².